The van der Waals surface area contributed by atoms with Gasteiger partial charge in [0.1, 0.15) is 17.5 Å². The number of nitrogens with one attached hydrogen (secondary N) is 1. The molecule has 0 spiro atoms. The van der Waals surface area contributed by atoms with Crippen molar-refractivity contribution in [3.63, 3.8) is 0 Å². The number of ether oxygens (including phenoxy) is 1. The Labute approximate surface area is 171 Å². The van der Waals surface area contributed by atoms with E-state index in [1.165, 1.54) is 19.3 Å². The third-order valence-electron chi connectivity index (χ3n) is 5.97. The molecule has 6 nitrogen and oxygen atoms in total. The lowest BCUT2D eigenvalue weighted by Crippen LogP contribution is -2.35. The second kappa shape index (κ2) is 9.23. The molecule has 2 saturated heterocycles. The van der Waals surface area contributed by atoms with Crippen LogP contribution >= 0.6 is 0 Å². The van der Waals surface area contributed by atoms with E-state index in [2.05, 4.69) is 16.4 Å². The highest BCUT2D eigenvalue weighted by atomic mass is 16.5. The summed E-state index contributed by atoms with van der Waals surface area (Å²) in [5.74, 6) is 1.46. The molecule has 0 aliphatic carbocycles. The molecule has 0 radical (unpaired) electrons. The lowest BCUT2D eigenvalue weighted by Gasteiger charge is -2.22. The van der Waals surface area contributed by atoms with E-state index >= 15 is 0 Å². The maximum Gasteiger partial charge on any atom is 0.273 e. The molecule has 0 saturated carbocycles. The maximum atomic E-state index is 12.7. The summed E-state index contributed by atoms with van der Waals surface area (Å²) in [6.45, 7) is 3.63. The van der Waals surface area contributed by atoms with E-state index in [0.717, 1.165) is 61.5 Å². The standard InChI is InChI=1S/C23H28N4O2/c24-15-19-6-2-12-27(19)23(28)22-9-7-18-14-20(8-10-21(18)26-22)29-13-3-5-17-4-1-11-25-16-17/h7-10,14,17,19,25H,1-6,11-13,16H2. The molecular formula is C23H28N4O2. The molecule has 6 heteroatoms. The maximum absolute atomic E-state index is 12.7. The first-order valence-corrected chi connectivity index (χ1v) is 10.7. The summed E-state index contributed by atoms with van der Waals surface area (Å²) in [5.41, 5.74) is 1.17. The van der Waals surface area contributed by atoms with Crippen molar-refractivity contribution in [2.75, 3.05) is 26.2 Å². The summed E-state index contributed by atoms with van der Waals surface area (Å²) >= 11 is 0. The SMILES string of the molecule is N#CC1CCCN1C(=O)c1ccc2cc(OCCCC3CCCNC3)ccc2n1. The van der Waals surface area contributed by atoms with Gasteiger partial charge in [0.2, 0.25) is 0 Å². The molecule has 152 valence electrons. The van der Waals surface area contributed by atoms with E-state index in [0.29, 0.717) is 12.2 Å². The number of benzene rings is 1. The van der Waals surface area contributed by atoms with Crippen molar-refractivity contribution in [2.24, 2.45) is 5.92 Å². The van der Waals surface area contributed by atoms with Gasteiger partial charge in [-0.3, -0.25) is 4.79 Å². The molecule has 2 unspecified atom stereocenters. The van der Waals surface area contributed by atoms with Crippen LogP contribution < -0.4 is 10.1 Å². The summed E-state index contributed by atoms with van der Waals surface area (Å²) in [5, 5.41) is 13.6. The van der Waals surface area contributed by atoms with Crippen molar-refractivity contribution in [1.82, 2.24) is 15.2 Å². The minimum Gasteiger partial charge on any atom is -0.494 e. The number of hydrogen-bond acceptors (Lipinski definition) is 5. The Hall–Kier alpha value is -2.65. The number of aromatic nitrogens is 1. The summed E-state index contributed by atoms with van der Waals surface area (Å²) < 4.78 is 5.93. The van der Waals surface area contributed by atoms with Gasteiger partial charge < -0.3 is 15.0 Å². The van der Waals surface area contributed by atoms with Gasteiger partial charge in [-0.15, -0.1) is 0 Å². The Bertz CT molecular complexity index is 901. The number of nitrogens with zero attached hydrogens (tertiary/aromatic N) is 3. The molecule has 2 atom stereocenters. The minimum atomic E-state index is -0.333. The van der Waals surface area contributed by atoms with Crippen LogP contribution in [0.15, 0.2) is 30.3 Å². The molecule has 0 bridgehead atoms. The molecule has 1 amide bonds. The first-order chi connectivity index (χ1) is 14.2. The number of likely N-dealkylation sites (tertiary alicyclic amines) is 1. The molecular weight excluding hydrogens is 364 g/mol. The third kappa shape index (κ3) is 4.68. The Morgan fingerprint density at radius 2 is 2.21 bits per heavy atom. The summed E-state index contributed by atoms with van der Waals surface area (Å²) in [6, 6.07) is 11.3. The van der Waals surface area contributed by atoms with Crippen molar-refractivity contribution >= 4 is 16.8 Å². The number of fused-ring (bicyclic) bond motifs is 1. The number of pyridine rings is 1. The van der Waals surface area contributed by atoms with E-state index in [-0.39, 0.29) is 11.9 Å². The van der Waals surface area contributed by atoms with Gasteiger partial charge in [-0.05, 0) is 81.8 Å². The van der Waals surface area contributed by atoms with Crippen LogP contribution in [0.2, 0.25) is 0 Å². The molecule has 29 heavy (non-hydrogen) atoms. The van der Waals surface area contributed by atoms with Crippen LogP contribution in [0.5, 0.6) is 5.75 Å². The first kappa shape index (κ1) is 19.7. The quantitative estimate of drug-likeness (QED) is 0.761. The van der Waals surface area contributed by atoms with Gasteiger partial charge in [-0.2, -0.15) is 5.26 Å². The van der Waals surface area contributed by atoms with E-state index in [4.69, 9.17) is 4.74 Å². The van der Waals surface area contributed by atoms with Gasteiger partial charge in [0, 0.05) is 11.9 Å². The number of carbonyl (C=O) groups excluding carboxylic acids is 1. The van der Waals surface area contributed by atoms with Crippen LogP contribution in [0.3, 0.4) is 0 Å². The predicted molar refractivity (Wildman–Crippen MR) is 112 cm³/mol. The fourth-order valence-corrected chi connectivity index (χ4v) is 4.34. The molecule has 4 rings (SSSR count). The summed E-state index contributed by atoms with van der Waals surface area (Å²) in [4.78, 5) is 18.9. The fourth-order valence-electron chi connectivity index (χ4n) is 4.34. The normalized spacial score (nSPS) is 21.8. The minimum absolute atomic E-state index is 0.159. The second-order valence-electron chi connectivity index (χ2n) is 8.04. The second-order valence-corrected chi connectivity index (χ2v) is 8.04. The number of rotatable bonds is 6. The highest BCUT2D eigenvalue weighted by molar-refractivity contribution is 5.95. The summed E-state index contributed by atoms with van der Waals surface area (Å²) in [7, 11) is 0. The van der Waals surface area contributed by atoms with Crippen molar-refractivity contribution in [1.29, 1.82) is 5.26 Å². The van der Waals surface area contributed by atoms with Crippen LogP contribution in [-0.4, -0.2) is 48.1 Å². The van der Waals surface area contributed by atoms with Gasteiger partial charge in [-0.25, -0.2) is 4.98 Å². The Balaban J connectivity index is 1.35. The third-order valence-corrected chi connectivity index (χ3v) is 5.97. The molecule has 1 aromatic heterocycles. The molecule has 2 fully saturated rings. The number of piperidine rings is 1. The predicted octanol–water partition coefficient (Wildman–Crippen LogP) is 3.52. The van der Waals surface area contributed by atoms with Crippen LogP contribution in [0.4, 0.5) is 0 Å². The molecule has 2 aromatic rings. The zero-order valence-electron chi connectivity index (χ0n) is 16.8. The van der Waals surface area contributed by atoms with E-state index < -0.39 is 0 Å². The highest BCUT2D eigenvalue weighted by Gasteiger charge is 2.29. The molecule has 1 aromatic carbocycles. The number of hydrogen-bond donors (Lipinski definition) is 1. The monoisotopic (exact) mass is 392 g/mol. The topological polar surface area (TPSA) is 78.2 Å². The van der Waals surface area contributed by atoms with E-state index in [9.17, 15) is 10.1 Å². The molecule has 3 heterocycles. The number of nitriles is 1. The zero-order chi connectivity index (χ0) is 20.1. The van der Waals surface area contributed by atoms with Crippen molar-refractivity contribution in [3.05, 3.63) is 36.0 Å². The Morgan fingerprint density at radius 1 is 1.28 bits per heavy atom. The van der Waals surface area contributed by atoms with Crippen molar-refractivity contribution in [3.8, 4) is 11.8 Å². The highest BCUT2D eigenvalue weighted by Crippen LogP contribution is 2.23. The Kier molecular flexibility index (Phi) is 6.26. The molecule has 2 aliphatic rings. The van der Waals surface area contributed by atoms with Gasteiger partial charge >= 0.3 is 0 Å². The van der Waals surface area contributed by atoms with Crippen molar-refractivity contribution < 1.29 is 9.53 Å². The fraction of sp³-hybridized carbons (Fsp3) is 0.522. The average Bonchev–Trinajstić information content (AvgIpc) is 3.25. The van der Waals surface area contributed by atoms with Crippen LogP contribution in [-0.2, 0) is 0 Å². The lowest BCUT2D eigenvalue weighted by atomic mass is 9.95. The number of amides is 1. The van der Waals surface area contributed by atoms with Crippen LogP contribution in [0.25, 0.3) is 10.9 Å². The van der Waals surface area contributed by atoms with Gasteiger partial charge in [-0.1, -0.05) is 6.07 Å². The lowest BCUT2D eigenvalue weighted by molar-refractivity contribution is 0.0759. The summed E-state index contributed by atoms with van der Waals surface area (Å²) in [6.07, 6.45) is 6.48. The molecule has 2 aliphatic heterocycles. The van der Waals surface area contributed by atoms with Crippen molar-refractivity contribution in [2.45, 2.75) is 44.6 Å². The van der Waals surface area contributed by atoms with Crippen LogP contribution in [0.1, 0.15) is 49.0 Å². The van der Waals surface area contributed by atoms with E-state index in [1.807, 2.05) is 24.3 Å². The van der Waals surface area contributed by atoms with E-state index in [1.54, 1.807) is 11.0 Å². The largest absolute Gasteiger partial charge is 0.494 e. The molecule has 1 N–H and O–H groups in total. The van der Waals surface area contributed by atoms with Gasteiger partial charge in [0.25, 0.3) is 5.91 Å². The number of carbonyl (C=O) groups is 1. The van der Waals surface area contributed by atoms with Gasteiger partial charge in [0.15, 0.2) is 0 Å². The zero-order valence-corrected chi connectivity index (χ0v) is 16.8. The Morgan fingerprint density at radius 3 is 3.03 bits per heavy atom. The average molecular weight is 393 g/mol. The van der Waals surface area contributed by atoms with Gasteiger partial charge in [0.05, 0.1) is 18.2 Å². The van der Waals surface area contributed by atoms with Crippen LogP contribution in [0, 0.1) is 17.2 Å². The first-order valence-electron chi connectivity index (χ1n) is 10.7. The smallest absolute Gasteiger partial charge is 0.273 e.